The fourth-order valence-electron chi connectivity index (χ4n) is 0.662. The van der Waals surface area contributed by atoms with Crippen molar-refractivity contribution in [2.45, 2.75) is 20.3 Å². The third-order valence-corrected chi connectivity index (χ3v) is 1.65. The first-order chi connectivity index (χ1) is 8.36. The lowest BCUT2D eigenvalue weighted by Gasteiger charge is -1.99. The van der Waals surface area contributed by atoms with Gasteiger partial charge < -0.3 is 21.3 Å². The van der Waals surface area contributed by atoms with E-state index in [2.05, 4.69) is 11.3 Å². The summed E-state index contributed by atoms with van der Waals surface area (Å²) in [7, 11) is 0. The van der Waals surface area contributed by atoms with E-state index in [0.29, 0.717) is 30.7 Å². The lowest BCUT2D eigenvalue weighted by Crippen LogP contribution is -2.13. The van der Waals surface area contributed by atoms with Gasteiger partial charge in [-0.25, -0.2) is 9.59 Å². The molecule has 0 aliphatic rings. The first kappa shape index (κ1) is 18.7. The Morgan fingerprint density at radius 1 is 1.28 bits per heavy atom. The molecule has 0 unspecified atom stereocenters. The van der Waals surface area contributed by atoms with Gasteiger partial charge in [-0.3, -0.25) is 0 Å². The Labute approximate surface area is 107 Å². The Balaban J connectivity index is 0. The van der Waals surface area contributed by atoms with Crippen molar-refractivity contribution in [3.8, 4) is 0 Å². The molecule has 0 atom stereocenters. The third kappa shape index (κ3) is 12.4. The summed E-state index contributed by atoms with van der Waals surface area (Å²) < 4.78 is 4.59. The van der Waals surface area contributed by atoms with E-state index in [1.54, 1.807) is 19.9 Å². The van der Waals surface area contributed by atoms with E-state index in [1.807, 2.05) is 0 Å². The molecule has 0 aromatic carbocycles. The third-order valence-electron chi connectivity index (χ3n) is 1.65. The zero-order valence-corrected chi connectivity index (χ0v) is 10.9. The van der Waals surface area contributed by atoms with Gasteiger partial charge in [0.2, 0.25) is 0 Å². The molecule has 6 heteroatoms. The van der Waals surface area contributed by atoms with Crippen molar-refractivity contribution in [1.29, 1.82) is 0 Å². The van der Waals surface area contributed by atoms with Gasteiger partial charge in [0.1, 0.15) is 6.61 Å². The van der Waals surface area contributed by atoms with Crippen LogP contribution in [0, 0.1) is 0 Å². The summed E-state index contributed by atoms with van der Waals surface area (Å²) in [5, 5.41) is 8.30. The number of hydrogen-bond donors (Lipinski definition) is 3. The van der Waals surface area contributed by atoms with Crippen LogP contribution in [0.25, 0.3) is 0 Å². The number of carboxylic acids is 1. The Morgan fingerprint density at radius 3 is 2.17 bits per heavy atom. The fourth-order valence-corrected chi connectivity index (χ4v) is 0.662. The summed E-state index contributed by atoms with van der Waals surface area (Å²) in [6, 6.07) is 0. The largest absolute Gasteiger partial charge is 0.478 e. The Morgan fingerprint density at radius 2 is 1.83 bits per heavy atom. The average molecular weight is 258 g/mol. The van der Waals surface area contributed by atoms with Crippen LogP contribution in [0.15, 0.2) is 23.8 Å². The van der Waals surface area contributed by atoms with Crippen LogP contribution >= 0.6 is 0 Å². The summed E-state index contributed by atoms with van der Waals surface area (Å²) >= 11 is 0. The molecule has 0 aromatic heterocycles. The molecule has 5 N–H and O–H groups in total. The van der Waals surface area contributed by atoms with E-state index < -0.39 is 5.97 Å². The molecule has 0 aromatic rings. The number of esters is 1. The minimum Gasteiger partial charge on any atom is -0.478 e. The smallest absolute Gasteiger partial charge is 0.333 e. The maximum atomic E-state index is 10.5. The van der Waals surface area contributed by atoms with Crippen molar-refractivity contribution in [2.24, 2.45) is 11.5 Å². The predicted octanol–water partition coefficient (Wildman–Crippen LogP) is 0.431. The van der Waals surface area contributed by atoms with Crippen LogP contribution in [0.3, 0.4) is 0 Å². The molecule has 0 aliphatic carbocycles. The normalized spacial score (nSPS) is 10.1. The minimum atomic E-state index is -0.872. The Hall–Kier alpha value is -1.66. The van der Waals surface area contributed by atoms with E-state index in [4.69, 9.17) is 16.6 Å². The highest BCUT2D eigenvalue weighted by molar-refractivity contribution is 5.86. The molecule has 0 bridgehead atoms. The van der Waals surface area contributed by atoms with Crippen LogP contribution in [0.4, 0.5) is 0 Å². The van der Waals surface area contributed by atoms with Crippen LogP contribution in [-0.4, -0.2) is 36.7 Å². The second-order valence-corrected chi connectivity index (χ2v) is 3.47. The molecule has 104 valence electrons. The molecular formula is C12H22N2O4. The SMILES string of the molecule is C=C(C)C(=O)OCCN.CC(=CCCN)C(=O)O. The zero-order chi connectivity index (χ0) is 14.6. The van der Waals surface area contributed by atoms with Crippen molar-refractivity contribution in [3.05, 3.63) is 23.8 Å². The van der Waals surface area contributed by atoms with E-state index in [-0.39, 0.29) is 12.6 Å². The number of aliphatic carboxylic acids is 1. The zero-order valence-electron chi connectivity index (χ0n) is 10.9. The van der Waals surface area contributed by atoms with Crippen molar-refractivity contribution in [1.82, 2.24) is 0 Å². The summed E-state index contributed by atoms with van der Waals surface area (Å²) in [6.07, 6.45) is 2.25. The Bertz CT molecular complexity index is 311. The summed E-state index contributed by atoms with van der Waals surface area (Å²) in [5.74, 6) is -1.25. The molecule has 0 spiro atoms. The maximum Gasteiger partial charge on any atom is 0.333 e. The number of hydrogen-bond acceptors (Lipinski definition) is 5. The summed E-state index contributed by atoms with van der Waals surface area (Å²) in [6.45, 7) is 7.68. The van der Waals surface area contributed by atoms with Crippen LogP contribution in [0.5, 0.6) is 0 Å². The van der Waals surface area contributed by atoms with Crippen LogP contribution in [0.2, 0.25) is 0 Å². The molecule has 0 saturated heterocycles. The predicted molar refractivity (Wildman–Crippen MR) is 69.9 cm³/mol. The average Bonchev–Trinajstić information content (AvgIpc) is 2.33. The van der Waals surface area contributed by atoms with E-state index >= 15 is 0 Å². The van der Waals surface area contributed by atoms with E-state index in [1.165, 1.54) is 0 Å². The highest BCUT2D eigenvalue weighted by Gasteiger charge is 1.99. The number of carbonyl (C=O) groups excluding carboxylic acids is 1. The molecule has 0 saturated carbocycles. The highest BCUT2D eigenvalue weighted by Crippen LogP contribution is 1.92. The van der Waals surface area contributed by atoms with Gasteiger partial charge in [0.15, 0.2) is 0 Å². The topological polar surface area (TPSA) is 116 Å². The van der Waals surface area contributed by atoms with Crippen LogP contribution in [-0.2, 0) is 14.3 Å². The van der Waals surface area contributed by atoms with Crippen molar-refractivity contribution in [2.75, 3.05) is 19.7 Å². The molecule has 18 heavy (non-hydrogen) atoms. The first-order valence-electron chi connectivity index (χ1n) is 5.49. The summed E-state index contributed by atoms with van der Waals surface area (Å²) in [4.78, 5) is 20.6. The fraction of sp³-hybridized carbons (Fsp3) is 0.500. The summed E-state index contributed by atoms with van der Waals surface area (Å²) in [5.41, 5.74) is 11.0. The van der Waals surface area contributed by atoms with Gasteiger partial charge in [0.25, 0.3) is 0 Å². The molecule has 0 amide bonds. The van der Waals surface area contributed by atoms with Crippen molar-refractivity contribution < 1.29 is 19.4 Å². The van der Waals surface area contributed by atoms with Gasteiger partial charge in [-0.05, 0) is 26.8 Å². The standard InChI is InChI=1S/2C6H11NO2/c1-5(2)6(8)9-4-3-7;1-5(6(8)9)3-2-4-7/h1,3-4,7H2,2H3;3H,2,4,7H2,1H3,(H,8,9). The van der Waals surface area contributed by atoms with Gasteiger partial charge in [0.05, 0.1) is 0 Å². The van der Waals surface area contributed by atoms with Gasteiger partial charge in [-0.2, -0.15) is 0 Å². The van der Waals surface area contributed by atoms with Crippen LogP contribution < -0.4 is 11.5 Å². The molecule has 0 radical (unpaired) electrons. The van der Waals surface area contributed by atoms with E-state index in [9.17, 15) is 9.59 Å². The van der Waals surface area contributed by atoms with Gasteiger partial charge in [-0.1, -0.05) is 12.7 Å². The van der Waals surface area contributed by atoms with Crippen molar-refractivity contribution >= 4 is 11.9 Å². The first-order valence-corrected chi connectivity index (χ1v) is 5.49. The molecule has 0 fully saturated rings. The number of carbonyl (C=O) groups is 2. The highest BCUT2D eigenvalue weighted by atomic mass is 16.5. The van der Waals surface area contributed by atoms with Crippen molar-refractivity contribution in [3.63, 3.8) is 0 Å². The van der Waals surface area contributed by atoms with Crippen LogP contribution in [0.1, 0.15) is 20.3 Å². The second kappa shape index (κ2) is 11.8. The second-order valence-electron chi connectivity index (χ2n) is 3.47. The lowest BCUT2D eigenvalue weighted by atomic mass is 10.2. The molecule has 0 aliphatic heterocycles. The molecule has 0 rings (SSSR count). The maximum absolute atomic E-state index is 10.5. The van der Waals surface area contributed by atoms with Gasteiger partial charge in [-0.15, -0.1) is 0 Å². The number of ether oxygens (including phenoxy) is 1. The van der Waals surface area contributed by atoms with Gasteiger partial charge >= 0.3 is 11.9 Å². The quantitative estimate of drug-likeness (QED) is 0.470. The molecular weight excluding hydrogens is 236 g/mol. The minimum absolute atomic E-state index is 0.270. The molecule has 6 nitrogen and oxygen atoms in total. The van der Waals surface area contributed by atoms with Gasteiger partial charge in [0, 0.05) is 17.7 Å². The lowest BCUT2D eigenvalue weighted by molar-refractivity contribution is -0.138. The number of carboxylic acid groups (broad SMARTS) is 1. The monoisotopic (exact) mass is 258 g/mol. The Kier molecular flexibility index (Phi) is 12.3. The number of nitrogens with two attached hydrogens (primary N) is 2. The van der Waals surface area contributed by atoms with E-state index in [0.717, 1.165) is 0 Å². The number of rotatable bonds is 6. The molecule has 0 heterocycles.